The van der Waals surface area contributed by atoms with Gasteiger partial charge in [-0.25, -0.2) is 4.79 Å². The monoisotopic (exact) mass is 365 g/mol. The average molecular weight is 365 g/mol. The molecule has 0 radical (unpaired) electrons. The number of imidazole rings is 2. The van der Waals surface area contributed by atoms with Crippen LogP contribution in [-0.2, 0) is 13.6 Å². The molecule has 8 nitrogen and oxygen atoms in total. The SMILES string of the molecule is C/C=C/Cn1c(=O)c2c(nc3n(-c4ccc(O)cc4)c(C)cn23)n(C)c1=O. The van der Waals surface area contributed by atoms with E-state index >= 15 is 0 Å². The van der Waals surface area contributed by atoms with E-state index in [4.69, 9.17) is 0 Å². The van der Waals surface area contributed by atoms with Crippen LogP contribution in [0.4, 0.5) is 0 Å². The minimum atomic E-state index is -0.403. The van der Waals surface area contributed by atoms with Crippen molar-refractivity contribution in [2.75, 3.05) is 0 Å². The minimum Gasteiger partial charge on any atom is -0.508 e. The van der Waals surface area contributed by atoms with Gasteiger partial charge < -0.3 is 5.11 Å². The third-order valence-electron chi connectivity index (χ3n) is 4.66. The van der Waals surface area contributed by atoms with Crippen molar-refractivity contribution in [2.45, 2.75) is 20.4 Å². The van der Waals surface area contributed by atoms with Gasteiger partial charge in [0, 0.05) is 31.2 Å². The summed E-state index contributed by atoms with van der Waals surface area (Å²) in [5.74, 6) is 0.700. The highest BCUT2D eigenvalue weighted by Gasteiger charge is 2.20. The Bertz CT molecular complexity index is 1320. The molecular weight excluding hydrogens is 346 g/mol. The molecule has 8 heteroatoms. The number of allylic oxidation sites excluding steroid dienone is 2. The van der Waals surface area contributed by atoms with Gasteiger partial charge in [-0.1, -0.05) is 12.2 Å². The maximum Gasteiger partial charge on any atom is 0.332 e. The molecule has 0 bridgehead atoms. The second-order valence-electron chi connectivity index (χ2n) is 6.40. The van der Waals surface area contributed by atoms with Gasteiger partial charge in [0.2, 0.25) is 5.78 Å². The average Bonchev–Trinajstić information content (AvgIpc) is 3.15. The summed E-state index contributed by atoms with van der Waals surface area (Å²) in [7, 11) is 1.61. The minimum absolute atomic E-state index is 0.169. The third-order valence-corrected chi connectivity index (χ3v) is 4.66. The van der Waals surface area contributed by atoms with Gasteiger partial charge in [-0.2, -0.15) is 4.98 Å². The van der Waals surface area contributed by atoms with E-state index in [0.717, 1.165) is 11.4 Å². The maximum atomic E-state index is 13.0. The fourth-order valence-corrected chi connectivity index (χ4v) is 3.30. The smallest absolute Gasteiger partial charge is 0.332 e. The number of aromatic nitrogens is 5. The van der Waals surface area contributed by atoms with E-state index in [-0.39, 0.29) is 17.9 Å². The molecular formula is C19H19N5O3. The molecule has 4 aromatic rings. The first-order valence-corrected chi connectivity index (χ1v) is 8.54. The molecule has 0 aliphatic heterocycles. The summed E-state index contributed by atoms with van der Waals surface area (Å²) in [4.78, 5) is 30.1. The van der Waals surface area contributed by atoms with Crippen LogP contribution in [0.1, 0.15) is 12.6 Å². The second kappa shape index (κ2) is 6.01. The van der Waals surface area contributed by atoms with Crippen molar-refractivity contribution in [2.24, 2.45) is 7.05 Å². The van der Waals surface area contributed by atoms with Crippen molar-refractivity contribution < 1.29 is 5.11 Å². The first-order valence-electron chi connectivity index (χ1n) is 8.54. The highest BCUT2D eigenvalue weighted by Crippen LogP contribution is 2.22. The molecule has 0 unspecified atom stereocenters. The van der Waals surface area contributed by atoms with Gasteiger partial charge in [-0.05, 0) is 38.1 Å². The number of phenols is 1. The molecule has 0 aliphatic carbocycles. The van der Waals surface area contributed by atoms with Gasteiger partial charge in [0.1, 0.15) is 5.75 Å². The highest BCUT2D eigenvalue weighted by atomic mass is 16.3. The maximum absolute atomic E-state index is 13.0. The van der Waals surface area contributed by atoms with E-state index in [1.807, 2.05) is 24.6 Å². The zero-order valence-corrected chi connectivity index (χ0v) is 15.2. The van der Waals surface area contributed by atoms with Crippen LogP contribution in [0.25, 0.3) is 22.6 Å². The van der Waals surface area contributed by atoms with Gasteiger partial charge in [0.05, 0.1) is 0 Å². The number of benzene rings is 1. The van der Waals surface area contributed by atoms with E-state index in [0.29, 0.717) is 16.9 Å². The molecule has 138 valence electrons. The van der Waals surface area contributed by atoms with Crippen LogP contribution in [0.3, 0.4) is 0 Å². The van der Waals surface area contributed by atoms with Crippen LogP contribution >= 0.6 is 0 Å². The fraction of sp³-hybridized carbons (Fsp3) is 0.211. The van der Waals surface area contributed by atoms with Crippen molar-refractivity contribution in [1.82, 2.24) is 23.1 Å². The number of fused-ring (bicyclic) bond motifs is 3. The largest absolute Gasteiger partial charge is 0.508 e. The normalized spacial score (nSPS) is 12.0. The number of phenolic OH excluding ortho intramolecular Hbond substituents is 1. The van der Waals surface area contributed by atoms with Crippen molar-refractivity contribution in [3.8, 4) is 11.4 Å². The molecule has 0 saturated heterocycles. The molecule has 0 amide bonds. The van der Waals surface area contributed by atoms with E-state index in [1.54, 1.807) is 47.9 Å². The van der Waals surface area contributed by atoms with Gasteiger partial charge >= 0.3 is 5.69 Å². The number of nitrogens with zero attached hydrogens (tertiary/aromatic N) is 5. The Morgan fingerprint density at radius 2 is 1.89 bits per heavy atom. The summed E-state index contributed by atoms with van der Waals surface area (Å²) < 4.78 is 6.18. The molecule has 0 spiro atoms. The van der Waals surface area contributed by atoms with E-state index in [2.05, 4.69) is 4.98 Å². The first kappa shape index (κ1) is 16.9. The molecule has 27 heavy (non-hydrogen) atoms. The summed E-state index contributed by atoms with van der Waals surface area (Å²) in [5.41, 5.74) is 1.59. The lowest BCUT2D eigenvalue weighted by molar-refractivity contribution is 0.475. The molecule has 3 heterocycles. The van der Waals surface area contributed by atoms with Crippen LogP contribution in [0.15, 0.2) is 52.2 Å². The predicted molar refractivity (Wildman–Crippen MR) is 103 cm³/mol. The molecule has 0 saturated carbocycles. The molecule has 3 aromatic heterocycles. The Morgan fingerprint density at radius 1 is 1.19 bits per heavy atom. The zero-order chi connectivity index (χ0) is 19.3. The van der Waals surface area contributed by atoms with Crippen molar-refractivity contribution in [3.05, 3.63) is 69.1 Å². The van der Waals surface area contributed by atoms with Crippen molar-refractivity contribution in [3.63, 3.8) is 0 Å². The van der Waals surface area contributed by atoms with Crippen LogP contribution in [0.5, 0.6) is 5.75 Å². The number of hydrogen-bond donors (Lipinski definition) is 1. The van der Waals surface area contributed by atoms with Crippen LogP contribution < -0.4 is 11.2 Å². The number of hydrogen-bond acceptors (Lipinski definition) is 4. The van der Waals surface area contributed by atoms with Crippen molar-refractivity contribution in [1.29, 1.82) is 0 Å². The predicted octanol–water partition coefficient (Wildman–Crippen LogP) is 1.73. The van der Waals surface area contributed by atoms with Gasteiger partial charge in [0.15, 0.2) is 11.2 Å². The Morgan fingerprint density at radius 3 is 2.56 bits per heavy atom. The number of rotatable bonds is 3. The first-order chi connectivity index (χ1) is 12.9. The third kappa shape index (κ3) is 2.41. The standard InChI is InChI=1S/C19H19N5O3/c1-4-5-10-22-17(26)15-16(21(3)19(22)27)20-18-23(15)11-12(2)24(18)13-6-8-14(25)9-7-13/h4-9,11,25H,10H2,1-3H3/b5-4+. The molecule has 1 N–H and O–H groups in total. The molecule has 0 fully saturated rings. The van der Waals surface area contributed by atoms with Crippen LogP contribution in [-0.4, -0.2) is 28.2 Å². The summed E-state index contributed by atoms with van der Waals surface area (Å²) >= 11 is 0. The molecule has 4 rings (SSSR count). The summed E-state index contributed by atoms with van der Waals surface area (Å²) in [6, 6.07) is 6.72. The van der Waals surface area contributed by atoms with E-state index in [9.17, 15) is 14.7 Å². The van der Waals surface area contributed by atoms with Gasteiger partial charge in [-0.15, -0.1) is 0 Å². The summed E-state index contributed by atoms with van der Waals surface area (Å²) in [5, 5.41) is 9.54. The molecule has 0 aliphatic rings. The Kier molecular flexibility index (Phi) is 3.76. The highest BCUT2D eigenvalue weighted by molar-refractivity contribution is 5.76. The molecule has 0 atom stereocenters. The number of aryl methyl sites for hydroxylation is 2. The lowest BCUT2D eigenvalue weighted by Crippen LogP contribution is -2.39. The lowest BCUT2D eigenvalue weighted by atomic mass is 10.3. The van der Waals surface area contributed by atoms with Gasteiger partial charge in [-0.3, -0.25) is 22.9 Å². The van der Waals surface area contributed by atoms with E-state index < -0.39 is 5.69 Å². The van der Waals surface area contributed by atoms with Crippen LogP contribution in [0, 0.1) is 6.92 Å². The fourth-order valence-electron chi connectivity index (χ4n) is 3.30. The second-order valence-corrected chi connectivity index (χ2v) is 6.40. The topological polar surface area (TPSA) is 86.5 Å². The Labute approximate surface area is 153 Å². The quantitative estimate of drug-likeness (QED) is 0.560. The van der Waals surface area contributed by atoms with Crippen molar-refractivity contribution >= 4 is 16.9 Å². The Balaban J connectivity index is 2.10. The van der Waals surface area contributed by atoms with Crippen LogP contribution in [0.2, 0.25) is 0 Å². The Hall–Kier alpha value is -3.55. The molecule has 1 aromatic carbocycles. The summed E-state index contributed by atoms with van der Waals surface area (Å²) in [6.07, 6.45) is 5.39. The van der Waals surface area contributed by atoms with E-state index in [1.165, 1.54) is 9.13 Å². The summed E-state index contributed by atoms with van der Waals surface area (Å²) in [6.45, 7) is 3.96. The zero-order valence-electron chi connectivity index (χ0n) is 15.2. The lowest BCUT2D eigenvalue weighted by Gasteiger charge is -2.06. The number of aromatic hydroxyl groups is 1. The van der Waals surface area contributed by atoms with Gasteiger partial charge in [0.25, 0.3) is 5.56 Å².